The van der Waals surface area contributed by atoms with Crippen LogP contribution in [0.25, 0.3) is 5.69 Å². The van der Waals surface area contributed by atoms with Gasteiger partial charge in [-0.1, -0.05) is 5.21 Å². The lowest BCUT2D eigenvalue weighted by molar-refractivity contribution is -0.109. The fraction of sp³-hybridized carbons (Fsp3) is 0.214. The van der Waals surface area contributed by atoms with Crippen LogP contribution >= 0.6 is 0 Å². The number of aromatic nitrogens is 3. The first-order valence-electron chi connectivity index (χ1n) is 6.90. The number of nitrogens with zero attached hydrogens (tertiary/aromatic N) is 5. The molecule has 0 radical (unpaired) electrons. The van der Waals surface area contributed by atoms with Crippen molar-refractivity contribution in [3.63, 3.8) is 0 Å². The number of hydrogen-bond acceptors (Lipinski definition) is 6. The summed E-state index contributed by atoms with van der Waals surface area (Å²) < 4.78 is 20.5. The molecule has 0 bridgehead atoms. The predicted octanol–water partition coefficient (Wildman–Crippen LogP) is 0.349. The standard InChI is InChI=1S/C14H11FN6O3/c15-12-3-10(20-7-11(5-17-8-22)24-14(20)23)1-2-13(12)21-6-9(4-16)18-19-21/h1-3,6,8,11H,5,7H2,(H,17,22)/t11-/m0/s1. The number of halogens is 1. The Morgan fingerprint density at radius 3 is 3.04 bits per heavy atom. The zero-order chi connectivity index (χ0) is 17.1. The van der Waals surface area contributed by atoms with Gasteiger partial charge in [-0.3, -0.25) is 9.69 Å². The quantitative estimate of drug-likeness (QED) is 0.791. The molecule has 1 aliphatic rings. The lowest BCUT2D eigenvalue weighted by Crippen LogP contribution is -2.30. The third-order valence-electron chi connectivity index (χ3n) is 3.40. The number of benzene rings is 1. The Labute approximate surface area is 135 Å². The van der Waals surface area contributed by atoms with Crippen molar-refractivity contribution in [3.05, 3.63) is 35.9 Å². The number of anilines is 1. The monoisotopic (exact) mass is 330 g/mol. The van der Waals surface area contributed by atoms with E-state index in [1.807, 2.05) is 0 Å². The lowest BCUT2D eigenvalue weighted by atomic mass is 10.2. The second-order valence-electron chi connectivity index (χ2n) is 4.94. The van der Waals surface area contributed by atoms with E-state index in [0.717, 1.165) is 4.68 Å². The van der Waals surface area contributed by atoms with Crippen molar-refractivity contribution in [2.24, 2.45) is 0 Å². The number of ether oxygens (including phenoxy) is 1. The van der Waals surface area contributed by atoms with Gasteiger partial charge in [0.1, 0.15) is 17.9 Å². The molecule has 3 rings (SSSR count). The van der Waals surface area contributed by atoms with E-state index < -0.39 is 18.0 Å². The fourth-order valence-corrected chi connectivity index (χ4v) is 2.30. The number of rotatable bonds is 5. The van der Waals surface area contributed by atoms with Crippen LogP contribution in [0.4, 0.5) is 14.9 Å². The highest BCUT2D eigenvalue weighted by Gasteiger charge is 2.32. The van der Waals surface area contributed by atoms with Gasteiger partial charge in [-0.2, -0.15) is 5.26 Å². The van der Waals surface area contributed by atoms with Crippen LogP contribution in [0, 0.1) is 17.1 Å². The molecule has 1 saturated heterocycles. The SMILES string of the molecule is N#Cc1cn(-c2ccc(N3C[C@H](CNC=O)OC3=O)cc2F)nn1. The molecule has 1 aromatic carbocycles. The topological polar surface area (TPSA) is 113 Å². The first-order chi connectivity index (χ1) is 11.6. The second kappa shape index (κ2) is 6.33. The fourth-order valence-electron chi connectivity index (χ4n) is 2.30. The Balaban J connectivity index is 1.81. The van der Waals surface area contributed by atoms with Gasteiger partial charge in [-0.05, 0) is 18.2 Å². The van der Waals surface area contributed by atoms with Gasteiger partial charge >= 0.3 is 6.09 Å². The summed E-state index contributed by atoms with van der Waals surface area (Å²) in [6.45, 7) is 0.378. The summed E-state index contributed by atoms with van der Waals surface area (Å²) in [5.41, 5.74) is 0.474. The Morgan fingerprint density at radius 1 is 1.54 bits per heavy atom. The van der Waals surface area contributed by atoms with Gasteiger partial charge in [0.05, 0.1) is 25.0 Å². The summed E-state index contributed by atoms with van der Waals surface area (Å²) >= 11 is 0. The number of amides is 2. The van der Waals surface area contributed by atoms with Gasteiger partial charge in [0.15, 0.2) is 11.5 Å². The van der Waals surface area contributed by atoms with Crippen LogP contribution in [0.5, 0.6) is 0 Å². The van der Waals surface area contributed by atoms with Gasteiger partial charge in [0, 0.05) is 0 Å². The summed E-state index contributed by atoms with van der Waals surface area (Å²) in [6.07, 6.45) is 0.688. The normalized spacial score (nSPS) is 16.6. The molecule has 1 N–H and O–H groups in total. The molecule has 2 aromatic rings. The van der Waals surface area contributed by atoms with E-state index in [1.165, 1.54) is 29.3 Å². The summed E-state index contributed by atoms with van der Waals surface area (Å²) in [4.78, 5) is 23.4. The zero-order valence-electron chi connectivity index (χ0n) is 12.2. The van der Waals surface area contributed by atoms with Crippen LogP contribution in [0.2, 0.25) is 0 Å². The molecular weight excluding hydrogens is 319 g/mol. The average molecular weight is 330 g/mol. The Kier molecular flexibility index (Phi) is 4.07. The minimum absolute atomic E-state index is 0.0621. The number of cyclic esters (lactones) is 1. The van der Waals surface area contributed by atoms with Crippen molar-refractivity contribution in [1.82, 2.24) is 20.3 Å². The number of nitriles is 1. The van der Waals surface area contributed by atoms with Crippen molar-refractivity contribution in [2.75, 3.05) is 18.0 Å². The van der Waals surface area contributed by atoms with E-state index in [-0.39, 0.29) is 24.5 Å². The molecule has 9 nitrogen and oxygen atoms in total. The van der Waals surface area contributed by atoms with E-state index in [1.54, 1.807) is 6.07 Å². The molecule has 0 unspecified atom stereocenters. The van der Waals surface area contributed by atoms with E-state index in [4.69, 9.17) is 10.00 Å². The molecule has 122 valence electrons. The van der Waals surface area contributed by atoms with Crippen molar-refractivity contribution >= 4 is 18.2 Å². The average Bonchev–Trinajstić information content (AvgIpc) is 3.19. The minimum atomic E-state index is -0.635. The third-order valence-corrected chi connectivity index (χ3v) is 3.40. The van der Waals surface area contributed by atoms with Crippen LogP contribution in [0.15, 0.2) is 24.4 Å². The third kappa shape index (κ3) is 2.87. The molecule has 24 heavy (non-hydrogen) atoms. The van der Waals surface area contributed by atoms with E-state index in [9.17, 15) is 14.0 Å². The summed E-state index contributed by atoms with van der Waals surface area (Å²) in [6, 6.07) is 5.92. The highest BCUT2D eigenvalue weighted by Crippen LogP contribution is 2.25. The van der Waals surface area contributed by atoms with Gasteiger partial charge in [0.2, 0.25) is 6.41 Å². The summed E-state index contributed by atoms with van der Waals surface area (Å²) in [5.74, 6) is -0.635. The van der Waals surface area contributed by atoms with Crippen LogP contribution in [0.1, 0.15) is 5.69 Å². The minimum Gasteiger partial charge on any atom is -0.442 e. The van der Waals surface area contributed by atoms with Crippen LogP contribution in [-0.2, 0) is 9.53 Å². The largest absolute Gasteiger partial charge is 0.442 e. The van der Waals surface area contributed by atoms with Crippen molar-refractivity contribution < 1.29 is 18.7 Å². The maximum Gasteiger partial charge on any atom is 0.414 e. The molecule has 1 fully saturated rings. The molecule has 0 spiro atoms. The van der Waals surface area contributed by atoms with E-state index in [0.29, 0.717) is 12.1 Å². The molecule has 10 heteroatoms. The Bertz CT molecular complexity index is 830. The highest BCUT2D eigenvalue weighted by molar-refractivity contribution is 5.89. The molecule has 0 saturated carbocycles. The summed E-state index contributed by atoms with van der Waals surface area (Å²) in [7, 11) is 0. The molecule has 2 amide bonds. The number of nitrogens with one attached hydrogen (secondary N) is 1. The number of carbonyl (C=O) groups is 2. The Hall–Kier alpha value is -3.48. The van der Waals surface area contributed by atoms with Crippen molar-refractivity contribution in [1.29, 1.82) is 5.26 Å². The number of hydrogen-bond donors (Lipinski definition) is 1. The molecule has 1 atom stereocenters. The molecular formula is C14H11FN6O3. The Morgan fingerprint density at radius 2 is 2.38 bits per heavy atom. The number of carbonyl (C=O) groups excluding carboxylic acids is 2. The maximum atomic E-state index is 14.3. The van der Waals surface area contributed by atoms with Gasteiger partial charge < -0.3 is 10.1 Å². The highest BCUT2D eigenvalue weighted by atomic mass is 19.1. The van der Waals surface area contributed by atoms with Gasteiger partial charge in [0.25, 0.3) is 0 Å². The lowest BCUT2D eigenvalue weighted by Gasteiger charge is -2.14. The molecule has 1 aromatic heterocycles. The van der Waals surface area contributed by atoms with Crippen molar-refractivity contribution in [3.8, 4) is 11.8 Å². The van der Waals surface area contributed by atoms with Gasteiger partial charge in [-0.15, -0.1) is 5.10 Å². The van der Waals surface area contributed by atoms with Crippen LogP contribution < -0.4 is 10.2 Å². The smallest absolute Gasteiger partial charge is 0.414 e. The van der Waals surface area contributed by atoms with Crippen LogP contribution in [0.3, 0.4) is 0 Å². The zero-order valence-corrected chi connectivity index (χ0v) is 12.2. The van der Waals surface area contributed by atoms with Crippen LogP contribution in [-0.4, -0.2) is 46.7 Å². The van der Waals surface area contributed by atoms with E-state index >= 15 is 0 Å². The maximum absolute atomic E-state index is 14.3. The molecule has 2 heterocycles. The first-order valence-corrected chi connectivity index (χ1v) is 6.90. The second-order valence-corrected chi connectivity index (χ2v) is 4.94. The summed E-state index contributed by atoms with van der Waals surface area (Å²) in [5, 5.41) is 18.4. The molecule has 1 aliphatic heterocycles. The van der Waals surface area contributed by atoms with E-state index in [2.05, 4.69) is 15.6 Å². The van der Waals surface area contributed by atoms with Crippen molar-refractivity contribution in [2.45, 2.75) is 6.10 Å². The first kappa shape index (κ1) is 15.4. The van der Waals surface area contributed by atoms with Gasteiger partial charge in [-0.25, -0.2) is 13.9 Å². The molecule has 0 aliphatic carbocycles. The predicted molar refractivity (Wildman–Crippen MR) is 77.7 cm³/mol.